The Morgan fingerprint density at radius 3 is 2.85 bits per heavy atom. The highest BCUT2D eigenvalue weighted by atomic mass is 16.1. The van der Waals surface area contributed by atoms with Gasteiger partial charge in [0.15, 0.2) is 0 Å². The van der Waals surface area contributed by atoms with Crippen molar-refractivity contribution < 1.29 is 4.79 Å². The summed E-state index contributed by atoms with van der Waals surface area (Å²) < 4.78 is 0. The van der Waals surface area contributed by atoms with Crippen molar-refractivity contribution >= 4 is 5.78 Å². The fourth-order valence-electron chi connectivity index (χ4n) is 3.01. The summed E-state index contributed by atoms with van der Waals surface area (Å²) in [6, 6.07) is 14.3. The third-order valence-electron chi connectivity index (χ3n) is 4.09. The molecule has 0 N–H and O–H groups in total. The SMILES string of the molecule is O=C(CCc1ccccc1)C1CCCc2cccnc21. The third-order valence-corrected chi connectivity index (χ3v) is 4.09. The van der Waals surface area contributed by atoms with Crippen LogP contribution in [0.25, 0.3) is 0 Å². The number of rotatable bonds is 4. The van der Waals surface area contributed by atoms with E-state index in [0.717, 1.165) is 31.4 Å². The number of pyridine rings is 1. The van der Waals surface area contributed by atoms with E-state index in [9.17, 15) is 4.79 Å². The zero-order chi connectivity index (χ0) is 13.8. The van der Waals surface area contributed by atoms with Crippen LogP contribution in [0.4, 0.5) is 0 Å². The van der Waals surface area contributed by atoms with E-state index in [2.05, 4.69) is 23.2 Å². The van der Waals surface area contributed by atoms with Gasteiger partial charge in [0.1, 0.15) is 5.78 Å². The molecule has 1 atom stereocenters. The number of benzene rings is 1. The Morgan fingerprint density at radius 1 is 1.15 bits per heavy atom. The molecule has 0 spiro atoms. The summed E-state index contributed by atoms with van der Waals surface area (Å²) in [7, 11) is 0. The molecule has 0 amide bonds. The lowest BCUT2D eigenvalue weighted by atomic mass is 9.82. The van der Waals surface area contributed by atoms with E-state index < -0.39 is 0 Å². The van der Waals surface area contributed by atoms with Crippen molar-refractivity contribution in [3.05, 3.63) is 65.5 Å². The second-order valence-corrected chi connectivity index (χ2v) is 5.44. The van der Waals surface area contributed by atoms with E-state index in [1.54, 1.807) is 0 Å². The van der Waals surface area contributed by atoms with Crippen LogP contribution in [-0.2, 0) is 17.6 Å². The first-order chi connectivity index (χ1) is 9.84. The molecule has 1 aromatic heterocycles. The minimum Gasteiger partial charge on any atom is -0.299 e. The van der Waals surface area contributed by atoms with Crippen molar-refractivity contribution in [2.45, 2.75) is 38.0 Å². The van der Waals surface area contributed by atoms with E-state index in [0.29, 0.717) is 12.2 Å². The monoisotopic (exact) mass is 265 g/mol. The normalized spacial score (nSPS) is 17.5. The van der Waals surface area contributed by atoms with E-state index >= 15 is 0 Å². The molecule has 1 aliphatic carbocycles. The van der Waals surface area contributed by atoms with Crippen LogP contribution in [0.1, 0.15) is 42.0 Å². The number of hydrogen-bond acceptors (Lipinski definition) is 2. The third kappa shape index (κ3) is 2.79. The minimum atomic E-state index is 0.0173. The van der Waals surface area contributed by atoms with Gasteiger partial charge in [-0.05, 0) is 42.9 Å². The number of hydrogen-bond donors (Lipinski definition) is 0. The molecule has 3 rings (SSSR count). The molecule has 102 valence electrons. The lowest BCUT2D eigenvalue weighted by Crippen LogP contribution is -2.20. The Balaban J connectivity index is 1.69. The predicted molar refractivity (Wildman–Crippen MR) is 79.7 cm³/mol. The molecule has 0 bridgehead atoms. The van der Waals surface area contributed by atoms with Gasteiger partial charge in [-0.15, -0.1) is 0 Å². The largest absolute Gasteiger partial charge is 0.299 e. The number of nitrogens with zero attached hydrogens (tertiary/aromatic N) is 1. The van der Waals surface area contributed by atoms with Crippen molar-refractivity contribution in [2.24, 2.45) is 0 Å². The number of carbonyl (C=O) groups excluding carboxylic acids is 1. The molecule has 2 nitrogen and oxygen atoms in total. The summed E-state index contributed by atoms with van der Waals surface area (Å²) in [6.07, 6.45) is 6.37. The highest BCUT2D eigenvalue weighted by Crippen LogP contribution is 2.31. The molecule has 1 aromatic carbocycles. The van der Waals surface area contributed by atoms with Gasteiger partial charge in [-0.25, -0.2) is 0 Å². The van der Waals surface area contributed by atoms with Gasteiger partial charge in [-0.3, -0.25) is 9.78 Å². The van der Waals surface area contributed by atoms with Crippen LogP contribution < -0.4 is 0 Å². The average molecular weight is 265 g/mol. The molecule has 2 heteroatoms. The molecule has 0 fully saturated rings. The standard InChI is InChI=1S/C18H19NO/c20-17(12-11-14-6-2-1-3-7-14)16-10-4-8-15-9-5-13-19-18(15)16/h1-3,5-7,9,13,16H,4,8,10-12H2. The Labute approximate surface area is 119 Å². The van der Waals surface area contributed by atoms with Crippen LogP contribution in [0, 0.1) is 0 Å². The van der Waals surface area contributed by atoms with Crippen LogP contribution in [0.15, 0.2) is 48.7 Å². The first kappa shape index (κ1) is 13.0. The van der Waals surface area contributed by atoms with Gasteiger partial charge in [0.2, 0.25) is 0 Å². The summed E-state index contributed by atoms with van der Waals surface area (Å²) in [5.41, 5.74) is 3.52. The maximum atomic E-state index is 12.5. The molecule has 1 unspecified atom stereocenters. The second kappa shape index (κ2) is 6.00. The minimum absolute atomic E-state index is 0.0173. The van der Waals surface area contributed by atoms with Gasteiger partial charge in [0.25, 0.3) is 0 Å². The van der Waals surface area contributed by atoms with Crippen molar-refractivity contribution in [3.63, 3.8) is 0 Å². The summed E-state index contributed by atoms with van der Waals surface area (Å²) in [5.74, 6) is 0.358. The van der Waals surface area contributed by atoms with Gasteiger partial charge < -0.3 is 0 Å². The molecule has 0 saturated heterocycles. The number of Topliss-reactive ketones (excluding diaryl/α,β-unsaturated/α-hetero) is 1. The van der Waals surface area contributed by atoms with Crippen molar-refractivity contribution in [1.82, 2.24) is 4.98 Å². The van der Waals surface area contributed by atoms with Crippen LogP contribution in [0.5, 0.6) is 0 Å². The highest BCUT2D eigenvalue weighted by Gasteiger charge is 2.26. The number of fused-ring (bicyclic) bond motifs is 1. The van der Waals surface area contributed by atoms with Gasteiger partial charge in [-0.2, -0.15) is 0 Å². The predicted octanol–water partition coefficient (Wildman–Crippen LogP) is 3.70. The Hall–Kier alpha value is -1.96. The van der Waals surface area contributed by atoms with Crippen LogP contribution in [0.3, 0.4) is 0 Å². The van der Waals surface area contributed by atoms with E-state index in [1.165, 1.54) is 11.1 Å². The molecule has 0 radical (unpaired) electrons. The first-order valence-corrected chi connectivity index (χ1v) is 7.35. The van der Waals surface area contributed by atoms with Gasteiger partial charge in [0, 0.05) is 12.6 Å². The summed E-state index contributed by atoms with van der Waals surface area (Å²) in [4.78, 5) is 17.0. The van der Waals surface area contributed by atoms with Crippen molar-refractivity contribution in [1.29, 1.82) is 0 Å². The Bertz CT molecular complexity index is 591. The van der Waals surface area contributed by atoms with Gasteiger partial charge in [-0.1, -0.05) is 36.4 Å². The topological polar surface area (TPSA) is 30.0 Å². The summed E-state index contributed by atoms with van der Waals surface area (Å²) in [6.45, 7) is 0. The maximum absolute atomic E-state index is 12.5. The molecule has 0 aliphatic heterocycles. The van der Waals surface area contributed by atoms with E-state index in [1.807, 2.05) is 30.5 Å². The van der Waals surface area contributed by atoms with E-state index in [-0.39, 0.29) is 5.92 Å². The fourth-order valence-corrected chi connectivity index (χ4v) is 3.01. The van der Waals surface area contributed by atoms with Gasteiger partial charge >= 0.3 is 0 Å². The molecule has 2 aromatic rings. The molecule has 20 heavy (non-hydrogen) atoms. The highest BCUT2D eigenvalue weighted by molar-refractivity contribution is 5.86. The molecule has 1 heterocycles. The smallest absolute Gasteiger partial charge is 0.142 e. The first-order valence-electron chi connectivity index (χ1n) is 7.35. The van der Waals surface area contributed by atoms with Crippen LogP contribution in [-0.4, -0.2) is 10.8 Å². The molecular weight excluding hydrogens is 246 g/mol. The molecule has 0 saturated carbocycles. The van der Waals surface area contributed by atoms with Crippen LogP contribution >= 0.6 is 0 Å². The van der Waals surface area contributed by atoms with Crippen molar-refractivity contribution in [2.75, 3.05) is 0 Å². The fraction of sp³-hybridized carbons (Fsp3) is 0.333. The van der Waals surface area contributed by atoms with E-state index in [4.69, 9.17) is 0 Å². The Kier molecular flexibility index (Phi) is 3.91. The quantitative estimate of drug-likeness (QED) is 0.843. The molecule has 1 aliphatic rings. The average Bonchev–Trinajstić information content (AvgIpc) is 2.53. The summed E-state index contributed by atoms with van der Waals surface area (Å²) >= 11 is 0. The zero-order valence-corrected chi connectivity index (χ0v) is 11.6. The summed E-state index contributed by atoms with van der Waals surface area (Å²) in [5, 5.41) is 0. The number of aromatic nitrogens is 1. The lowest BCUT2D eigenvalue weighted by Gasteiger charge is -2.23. The van der Waals surface area contributed by atoms with Gasteiger partial charge in [0.05, 0.1) is 11.6 Å². The number of aryl methyl sites for hydroxylation is 2. The number of carbonyl (C=O) groups is 1. The van der Waals surface area contributed by atoms with Crippen LogP contribution in [0.2, 0.25) is 0 Å². The second-order valence-electron chi connectivity index (χ2n) is 5.44. The number of ketones is 1. The van der Waals surface area contributed by atoms with Crippen molar-refractivity contribution in [3.8, 4) is 0 Å². The zero-order valence-electron chi connectivity index (χ0n) is 11.6. The maximum Gasteiger partial charge on any atom is 0.142 e. The lowest BCUT2D eigenvalue weighted by molar-refractivity contribution is -0.120. The molecular formula is C18H19NO. The Morgan fingerprint density at radius 2 is 2.00 bits per heavy atom.